The minimum absolute atomic E-state index is 0.145. The van der Waals surface area contributed by atoms with Gasteiger partial charge in [0.25, 0.3) is 0 Å². The van der Waals surface area contributed by atoms with E-state index in [-0.39, 0.29) is 11.6 Å². The summed E-state index contributed by atoms with van der Waals surface area (Å²) < 4.78 is 5.03. The van der Waals surface area contributed by atoms with Gasteiger partial charge in [0.1, 0.15) is 0 Å². The molecule has 52 valence electrons. The Balaban J connectivity index is 1.99. The molecule has 2 saturated heterocycles. The van der Waals surface area contributed by atoms with Crippen LogP contribution in [0.25, 0.3) is 0 Å². The molecule has 1 spiro atoms. The summed E-state index contributed by atoms with van der Waals surface area (Å²) >= 11 is 0. The molecule has 2 aliphatic heterocycles. The largest absolute Gasteiger partial charge is 0.392 e. The summed E-state index contributed by atoms with van der Waals surface area (Å²) in [6.07, 6.45) is 0.724. The van der Waals surface area contributed by atoms with Gasteiger partial charge in [0, 0.05) is 6.54 Å². The second kappa shape index (κ2) is 1.68. The molecule has 1 atom stereocenters. The zero-order valence-electron chi connectivity index (χ0n) is 5.26. The van der Waals surface area contributed by atoms with Gasteiger partial charge < -0.3 is 15.2 Å². The van der Waals surface area contributed by atoms with Crippen molar-refractivity contribution in [2.45, 2.75) is 18.1 Å². The Morgan fingerprint density at radius 1 is 1.56 bits per heavy atom. The van der Waals surface area contributed by atoms with E-state index >= 15 is 0 Å². The number of hydrogen-bond acceptors (Lipinski definition) is 3. The Morgan fingerprint density at radius 2 is 2.33 bits per heavy atom. The fourth-order valence-corrected chi connectivity index (χ4v) is 1.50. The number of hydrogen-bond donors (Lipinski definition) is 2. The summed E-state index contributed by atoms with van der Waals surface area (Å²) in [5.41, 5.74) is 0.166. The van der Waals surface area contributed by atoms with Crippen molar-refractivity contribution < 1.29 is 9.84 Å². The highest BCUT2D eigenvalue weighted by Crippen LogP contribution is 2.26. The van der Waals surface area contributed by atoms with Gasteiger partial charge in [-0.15, -0.1) is 0 Å². The quantitative estimate of drug-likeness (QED) is 0.446. The molecule has 0 radical (unpaired) electrons. The maximum absolute atomic E-state index is 9.11. The Hall–Kier alpha value is -0.120. The molecule has 0 aromatic carbocycles. The van der Waals surface area contributed by atoms with Crippen LogP contribution in [0.15, 0.2) is 0 Å². The summed E-state index contributed by atoms with van der Waals surface area (Å²) in [5, 5.41) is 12.4. The highest BCUT2D eigenvalue weighted by atomic mass is 16.5. The van der Waals surface area contributed by atoms with Crippen molar-refractivity contribution in [2.75, 3.05) is 19.8 Å². The van der Waals surface area contributed by atoms with E-state index in [0.29, 0.717) is 0 Å². The van der Waals surface area contributed by atoms with Crippen molar-refractivity contribution in [3.05, 3.63) is 0 Å². The van der Waals surface area contributed by atoms with Crippen molar-refractivity contribution in [1.82, 2.24) is 5.32 Å². The fraction of sp³-hybridized carbons (Fsp3) is 1.00. The zero-order chi connectivity index (χ0) is 6.32. The fourth-order valence-electron chi connectivity index (χ4n) is 1.50. The van der Waals surface area contributed by atoms with Gasteiger partial charge in [-0.1, -0.05) is 0 Å². The Morgan fingerprint density at radius 3 is 2.56 bits per heavy atom. The van der Waals surface area contributed by atoms with E-state index in [1.807, 2.05) is 0 Å². The van der Waals surface area contributed by atoms with Gasteiger partial charge in [-0.25, -0.2) is 0 Å². The molecular weight excluding hydrogens is 118 g/mol. The molecule has 2 N–H and O–H groups in total. The lowest BCUT2D eigenvalue weighted by molar-refractivity contribution is -0.0683. The highest BCUT2D eigenvalue weighted by Gasteiger charge is 2.44. The standard InChI is InChI=1S/C6H11NO2/c8-5-1-6(7-2-5)3-9-4-6/h5,7-8H,1-4H2. The van der Waals surface area contributed by atoms with Crippen molar-refractivity contribution >= 4 is 0 Å². The molecule has 0 amide bonds. The predicted octanol–water partition coefficient (Wildman–Crippen LogP) is -0.890. The van der Waals surface area contributed by atoms with Crippen LogP contribution in [0.3, 0.4) is 0 Å². The van der Waals surface area contributed by atoms with Gasteiger partial charge in [0.2, 0.25) is 0 Å². The molecule has 0 bridgehead atoms. The molecule has 2 rings (SSSR count). The van der Waals surface area contributed by atoms with Crippen LogP contribution in [0.5, 0.6) is 0 Å². The molecule has 3 nitrogen and oxygen atoms in total. The van der Waals surface area contributed by atoms with E-state index in [0.717, 1.165) is 26.2 Å². The van der Waals surface area contributed by atoms with Gasteiger partial charge in [0.05, 0.1) is 24.9 Å². The van der Waals surface area contributed by atoms with Crippen molar-refractivity contribution in [1.29, 1.82) is 0 Å². The second-order valence-corrected chi connectivity index (χ2v) is 3.01. The lowest BCUT2D eigenvalue weighted by Crippen LogP contribution is -2.56. The van der Waals surface area contributed by atoms with Gasteiger partial charge in [-0.3, -0.25) is 0 Å². The zero-order valence-corrected chi connectivity index (χ0v) is 5.26. The maximum atomic E-state index is 9.11. The Bertz CT molecular complexity index is 122. The Labute approximate surface area is 54.0 Å². The third-order valence-corrected chi connectivity index (χ3v) is 2.10. The van der Waals surface area contributed by atoms with Crippen molar-refractivity contribution in [3.8, 4) is 0 Å². The van der Waals surface area contributed by atoms with E-state index in [1.165, 1.54) is 0 Å². The third-order valence-electron chi connectivity index (χ3n) is 2.10. The van der Waals surface area contributed by atoms with Crippen LogP contribution in [0.4, 0.5) is 0 Å². The molecule has 1 unspecified atom stereocenters. The normalized spacial score (nSPS) is 39.0. The van der Waals surface area contributed by atoms with Crippen LogP contribution in [0.2, 0.25) is 0 Å². The van der Waals surface area contributed by atoms with E-state index in [4.69, 9.17) is 9.84 Å². The van der Waals surface area contributed by atoms with E-state index in [9.17, 15) is 0 Å². The average Bonchev–Trinajstić information content (AvgIpc) is 2.09. The van der Waals surface area contributed by atoms with Crippen LogP contribution in [-0.2, 0) is 4.74 Å². The molecule has 0 aromatic heterocycles. The van der Waals surface area contributed by atoms with Gasteiger partial charge in [0.15, 0.2) is 0 Å². The lowest BCUT2D eigenvalue weighted by atomic mass is 9.95. The predicted molar refractivity (Wildman–Crippen MR) is 32.2 cm³/mol. The first-order valence-electron chi connectivity index (χ1n) is 3.32. The van der Waals surface area contributed by atoms with Gasteiger partial charge >= 0.3 is 0 Å². The maximum Gasteiger partial charge on any atom is 0.0684 e. The molecule has 3 heteroatoms. The average molecular weight is 129 g/mol. The minimum Gasteiger partial charge on any atom is -0.392 e. The summed E-state index contributed by atoms with van der Waals surface area (Å²) in [6, 6.07) is 0. The number of β-amino-alcohol motifs (C(OH)–C–C–N with tert-alkyl or cyclic N) is 1. The number of aliphatic hydroxyl groups is 1. The monoisotopic (exact) mass is 129 g/mol. The molecular formula is C6H11NO2. The third kappa shape index (κ3) is 0.764. The first kappa shape index (κ1) is 5.65. The minimum atomic E-state index is -0.145. The molecule has 2 aliphatic rings. The number of rotatable bonds is 0. The first-order valence-corrected chi connectivity index (χ1v) is 3.32. The second-order valence-electron chi connectivity index (χ2n) is 3.01. The molecule has 0 aliphatic carbocycles. The smallest absolute Gasteiger partial charge is 0.0684 e. The number of nitrogens with one attached hydrogen (secondary N) is 1. The summed E-state index contributed by atoms with van der Waals surface area (Å²) in [6.45, 7) is 2.30. The molecule has 0 aromatic rings. The number of ether oxygens (including phenoxy) is 1. The summed E-state index contributed by atoms with van der Waals surface area (Å²) in [5.74, 6) is 0. The topological polar surface area (TPSA) is 41.5 Å². The van der Waals surface area contributed by atoms with Crippen LogP contribution >= 0.6 is 0 Å². The van der Waals surface area contributed by atoms with E-state index < -0.39 is 0 Å². The molecule has 9 heavy (non-hydrogen) atoms. The van der Waals surface area contributed by atoms with Crippen LogP contribution in [0.1, 0.15) is 6.42 Å². The van der Waals surface area contributed by atoms with Crippen molar-refractivity contribution in [3.63, 3.8) is 0 Å². The first-order chi connectivity index (χ1) is 4.31. The Kier molecular flexibility index (Phi) is 1.06. The molecule has 0 saturated carbocycles. The SMILES string of the molecule is OC1CNC2(COC2)C1. The van der Waals surface area contributed by atoms with Crippen LogP contribution in [-0.4, -0.2) is 36.5 Å². The molecule has 2 fully saturated rings. The molecule has 2 heterocycles. The number of aliphatic hydroxyl groups excluding tert-OH is 1. The van der Waals surface area contributed by atoms with Gasteiger partial charge in [-0.2, -0.15) is 0 Å². The highest BCUT2D eigenvalue weighted by molar-refractivity contribution is 5.01. The van der Waals surface area contributed by atoms with Gasteiger partial charge in [-0.05, 0) is 6.42 Å². The van der Waals surface area contributed by atoms with Crippen LogP contribution in [0, 0.1) is 0 Å². The van der Waals surface area contributed by atoms with Crippen LogP contribution < -0.4 is 5.32 Å². The lowest BCUT2D eigenvalue weighted by Gasteiger charge is -2.37. The van der Waals surface area contributed by atoms with Crippen molar-refractivity contribution in [2.24, 2.45) is 0 Å². The van der Waals surface area contributed by atoms with E-state index in [1.54, 1.807) is 0 Å². The summed E-state index contributed by atoms with van der Waals surface area (Å²) in [4.78, 5) is 0. The van der Waals surface area contributed by atoms with E-state index in [2.05, 4.69) is 5.32 Å². The summed E-state index contributed by atoms with van der Waals surface area (Å²) in [7, 11) is 0.